The molecule has 0 saturated heterocycles. The maximum atomic E-state index is 12.9. The normalized spacial score (nSPS) is 13.0. The molecule has 0 aliphatic carbocycles. The lowest BCUT2D eigenvalue weighted by Crippen LogP contribution is -2.44. The molecule has 0 aliphatic rings. The van der Waals surface area contributed by atoms with E-state index in [1.54, 1.807) is 0 Å². The van der Waals surface area contributed by atoms with Crippen LogP contribution in [0.15, 0.2) is 60.8 Å². The lowest BCUT2D eigenvalue weighted by atomic mass is 10.0. The molecule has 89 heavy (non-hydrogen) atoms. The summed E-state index contributed by atoms with van der Waals surface area (Å²) in [6.45, 7) is 4.69. The van der Waals surface area contributed by atoms with Gasteiger partial charge in [-0.3, -0.25) is 9.59 Å². The van der Waals surface area contributed by atoms with Gasteiger partial charge in [0.25, 0.3) is 0 Å². The number of hydrogen-bond donors (Lipinski definition) is 0. The fourth-order valence-electron chi connectivity index (χ4n) is 11.4. The highest BCUT2D eigenvalue weighted by Gasteiger charge is 2.22. The summed E-state index contributed by atoms with van der Waals surface area (Å²) >= 11 is 0. The molecule has 0 bridgehead atoms. The van der Waals surface area contributed by atoms with Crippen LogP contribution in [0.3, 0.4) is 0 Å². The van der Waals surface area contributed by atoms with Gasteiger partial charge in [0.1, 0.15) is 13.2 Å². The smallest absolute Gasteiger partial charge is 0.306 e. The molecule has 2 atom stereocenters. The number of allylic oxidation sites excluding steroid dienone is 10. The molecule has 9 heteroatoms. The summed E-state index contributed by atoms with van der Waals surface area (Å²) in [4.78, 5) is 37.5. The summed E-state index contributed by atoms with van der Waals surface area (Å²) in [7, 11) is 5.94. The topological polar surface area (TPSA) is 111 Å². The zero-order valence-electron chi connectivity index (χ0n) is 59.6. The Morgan fingerprint density at radius 2 is 0.640 bits per heavy atom. The number of unbranched alkanes of at least 4 members (excludes halogenated alkanes) is 47. The second kappa shape index (κ2) is 70.9. The molecular weight excluding hydrogens is 1100 g/mol. The fraction of sp³-hybridized carbons (Fsp3) is 0.838. The molecule has 2 unspecified atom stereocenters. The molecule has 0 aromatic carbocycles. The SMILES string of the molecule is CC/C=C\C/C=C\C/C=C\C/C=C\CCCCCCCCCCCCCCC(=O)OC(COC(=O)CCCCCCCCCCCCCCCCCCCCCCCCCCCCC/C=C\CCCCCCCCCC)COC(OCC[N+](C)(C)C)C(=O)[O-]. The lowest BCUT2D eigenvalue weighted by molar-refractivity contribution is -0.870. The molecule has 0 amide bonds. The summed E-state index contributed by atoms with van der Waals surface area (Å²) in [5.74, 6) is -2.26. The van der Waals surface area contributed by atoms with Gasteiger partial charge in [-0.05, 0) is 77.0 Å². The number of carboxylic acids is 1. The van der Waals surface area contributed by atoms with Crippen LogP contribution >= 0.6 is 0 Å². The number of likely N-dealkylation sites (N-methyl/N-ethyl adjacent to an activating group) is 1. The van der Waals surface area contributed by atoms with E-state index in [1.165, 1.54) is 276 Å². The van der Waals surface area contributed by atoms with Gasteiger partial charge in [-0.25, -0.2) is 0 Å². The predicted molar refractivity (Wildman–Crippen MR) is 380 cm³/mol. The van der Waals surface area contributed by atoms with E-state index in [1.807, 2.05) is 21.1 Å². The summed E-state index contributed by atoms with van der Waals surface area (Å²) < 4.78 is 22.8. The molecule has 0 heterocycles. The molecule has 0 saturated carbocycles. The van der Waals surface area contributed by atoms with Crippen molar-refractivity contribution in [2.24, 2.45) is 0 Å². The average molecular weight is 1250 g/mol. The molecule has 0 N–H and O–H groups in total. The average Bonchev–Trinajstić information content (AvgIpc) is 3.64. The van der Waals surface area contributed by atoms with Crippen molar-refractivity contribution in [2.45, 2.75) is 386 Å². The van der Waals surface area contributed by atoms with Gasteiger partial charge in [-0.2, -0.15) is 0 Å². The summed E-state index contributed by atoms with van der Waals surface area (Å²) in [5, 5.41) is 11.8. The standard InChI is InChI=1S/C80H147NO8/c1-6-8-10-12-14-16-18-20-22-24-26-28-30-32-33-34-35-36-37-38-39-40-41-42-43-44-45-47-48-50-52-54-56-58-60-62-64-66-68-70-77(82)87-74-76(75-88-80(79(84)85)86-73-72-81(3,4)5)89-78(83)71-69-67-65-63-61-59-57-55-53-51-49-46-31-29-27-25-23-21-19-17-15-13-11-9-7-2/h9,11,15,17,21,23-24,26-27,29,76,80H,6-8,10,12-14,16,18-20,22,25,28,30-75H2,1-5H3/b11-9-,17-15-,23-21-,26-24-,29-27-. The molecule has 0 rings (SSSR count). The van der Waals surface area contributed by atoms with Crippen LogP contribution in [0.25, 0.3) is 0 Å². The van der Waals surface area contributed by atoms with Crippen LogP contribution in [0.4, 0.5) is 0 Å². The number of esters is 2. The highest BCUT2D eigenvalue weighted by atomic mass is 16.7. The van der Waals surface area contributed by atoms with Gasteiger partial charge < -0.3 is 33.3 Å². The maximum absolute atomic E-state index is 12.9. The second-order valence-electron chi connectivity index (χ2n) is 27.3. The summed E-state index contributed by atoms with van der Waals surface area (Å²) in [6.07, 6.45) is 90.6. The molecule has 520 valence electrons. The Bertz CT molecular complexity index is 1650. The molecule has 0 radical (unpaired) electrons. The summed E-state index contributed by atoms with van der Waals surface area (Å²) in [5.41, 5.74) is 0. The van der Waals surface area contributed by atoms with Crippen LogP contribution in [0.2, 0.25) is 0 Å². The number of hydrogen-bond acceptors (Lipinski definition) is 8. The Labute approximate surface area is 552 Å². The minimum atomic E-state index is -1.62. The zero-order valence-corrected chi connectivity index (χ0v) is 59.6. The van der Waals surface area contributed by atoms with Crippen LogP contribution < -0.4 is 5.11 Å². The van der Waals surface area contributed by atoms with Crippen molar-refractivity contribution in [3.63, 3.8) is 0 Å². The predicted octanol–water partition coefficient (Wildman–Crippen LogP) is 22.9. The van der Waals surface area contributed by atoms with Gasteiger partial charge >= 0.3 is 11.9 Å². The highest BCUT2D eigenvalue weighted by molar-refractivity contribution is 5.70. The number of carbonyl (C=O) groups excluding carboxylic acids is 3. The highest BCUT2D eigenvalue weighted by Crippen LogP contribution is 2.19. The number of carboxylic acid groups (broad SMARTS) is 1. The van der Waals surface area contributed by atoms with Gasteiger partial charge in [-0.1, -0.05) is 344 Å². The third-order valence-corrected chi connectivity index (χ3v) is 17.2. The largest absolute Gasteiger partial charge is 0.545 e. The number of rotatable bonds is 72. The fourth-order valence-corrected chi connectivity index (χ4v) is 11.4. The van der Waals surface area contributed by atoms with Gasteiger partial charge in [0.05, 0.1) is 40.3 Å². The molecular formula is C80H147NO8. The van der Waals surface area contributed by atoms with Crippen molar-refractivity contribution in [1.29, 1.82) is 0 Å². The van der Waals surface area contributed by atoms with Gasteiger partial charge in [0.2, 0.25) is 0 Å². The third-order valence-electron chi connectivity index (χ3n) is 17.2. The van der Waals surface area contributed by atoms with E-state index in [4.69, 9.17) is 18.9 Å². The van der Waals surface area contributed by atoms with E-state index in [0.29, 0.717) is 23.9 Å². The van der Waals surface area contributed by atoms with E-state index in [0.717, 1.165) is 64.2 Å². The van der Waals surface area contributed by atoms with Crippen LogP contribution in [0.1, 0.15) is 373 Å². The second-order valence-corrected chi connectivity index (χ2v) is 27.3. The maximum Gasteiger partial charge on any atom is 0.306 e. The number of nitrogens with zero attached hydrogens (tertiary/aromatic N) is 1. The number of quaternary nitrogens is 1. The third kappa shape index (κ3) is 72.3. The molecule has 0 fully saturated rings. The minimum absolute atomic E-state index is 0.148. The number of ether oxygens (including phenoxy) is 4. The molecule has 0 aromatic rings. The first kappa shape index (κ1) is 86.0. The van der Waals surface area contributed by atoms with E-state index in [9.17, 15) is 19.5 Å². The van der Waals surface area contributed by atoms with Gasteiger partial charge in [-0.15, -0.1) is 0 Å². The Morgan fingerprint density at radius 3 is 0.966 bits per heavy atom. The van der Waals surface area contributed by atoms with Crippen LogP contribution in [0, 0.1) is 0 Å². The van der Waals surface area contributed by atoms with Gasteiger partial charge in [0, 0.05) is 12.8 Å². The molecule has 0 aromatic heterocycles. The van der Waals surface area contributed by atoms with Crippen molar-refractivity contribution in [2.75, 3.05) is 47.5 Å². The van der Waals surface area contributed by atoms with Crippen molar-refractivity contribution in [3.05, 3.63) is 60.8 Å². The van der Waals surface area contributed by atoms with E-state index in [2.05, 4.69) is 74.6 Å². The monoisotopic (exact) mass is 1250 g/mol. The van der Waals surface area contributed by atoms with Crippen LogP contribution in [0.5, 0.6) is 0 Å². The first-order chi connectivity index (χ1) is 43.6. The number of aliphatic carboxylic acids is 1. The van der Waals surface area contributed by atoms with Crippen molar-refractivity contribution >= 4 is 17.9 Å². The lowest BCUT2D eigenvalue weighted by Gasteiger charge is -2.26. The zero-order chi connectivity index (χ0) is 64.7. The van der Waals surface area contributed by atoms with E-state index >= 15 is 0 Å². The van der Waals surface area contributed by atoms with E-state index < -0.39 is 24.3 Å². The summed E-state index contributed by atoms with van der Waals surface area (Å²) in [6, 6.07) is 0. The molecule has 0 aliphatic heterocycles. The Morgan fingerprint density at radius 1 is 0.348 bits per heavy atom. The first-order valence-corrected chi connectivity index (χ1v) is 38.4. The quantitative estimate of drug-likeness (QED) is 0.0195. The molecule has 9 nitrogen and oxygen atoms in total. The molecule has 0 spiro atoms. The Hall–Kier alpha value is -3.01. The van der Waals surface area contributed by atoms with Crippen molar-refractivity contribution in [1.82, 2.24) is 0 Å². The van der Waals surface area contributed by atoms with E-state index in [-0.39, 0.29) is 32.2 Å². The first-order valence-electron chi connectivity index (χ1n) is 38.4. The van der Waals surface area contributed by atoms with Crippen LogP contribution in [-0.2, 0) is 33.3 Å². The Kier molecular flexibility index (Phi) is 68.5. The van der Waals surface area contributed by atoms with Gasteiger partial charge in [0.15, 0.2) is 12.4 Å². The van der Waals surface area contributed by atoms with Crippen molar-refractivity contribution < 1.29 is 42.9 Å². The number of carbonyl (C=O) groups is 3. The minimum Gasteiger partial charge on any atom is -0.545 e. The van der Waals surface area contributed by atoms with Crippen LogP contribution in [-0.4, -0.2) is 82.3 Å². The Balaban J connectivity index is 3.96. The van der Waals surface area contributed by atoms with Crippen molar-refractivity contribution in [3.8, 4) is 0 Å².